The lowest BCUT2D eigenvalue weighted by molar-refractivity contribution is 0.0666. The highest BCUT2D eigenvalue weighted by Gasteiger charge is 2.23. The smallest absolute Gasteiger partial charge is 0.256 e. The molecule has 0 bridgehead atoms. The summed E-state index contributed by atoms with van der Waals surface area (Å²) < 4.78 is 0. The fraction of sp³-hybridized carbons (Fsp3) is 0.263. The number of aromatic nitrogens is 1. The Labute approximate surface area is 140 Å². The molecule has 0 saturated carbocycles. The molecular formula is C19H20N4O. The molecule has 2 N–H and O–H groups in total. The van der Waals surface area contributed by atoms with Gasteiger partial charge in [0.05, 0.1) is 22.3 Å². The van der Waals surface area contributed by atoms with Gasteiger partial charge in [0.25, 0.3) is 5.91 Å². The number of likely N-dealkylation sites (N-methyl/N-ethyl adjacent to an activating group) is 1. The van der Waals surface area contributed by atoms with Gasteiger partial charge in [-0.05, 0) is 19.2 Å². The number of para-hydroxylation sites is 2. The van der Waals surface area contributed by atoms with Gasteiger partial charge in [-0.2, -0.15) is 0 Å². The molecule has 0 radical (unpaired) electrons. The highest BCUT2D eigenvalue weighted by Crippen LogP contribution is 2.30. The largest absolute Gasteiger partial charge is 0.398 e. The molecular weight excluding hydrogens is 300 g/mol. The van der Waals surface area contributed by atoms with E-state index in [4.69, 9.17) is 10.7 Å². The van der Waals surface area contributed by atoms with Crippen LogP contribution in [0.1, 0.15) is 10.4 Å². The molecule has 1 amide bonds. The number of nitrogens with zero attached hydrogens (tertiary/aromatic N) is 3. The number of nitrogens with two attached hydrogens (primary N) is 1. The molecule has 1 saturated heterocycles. The van der Waals surface area contributed by atoms with Gasteiger partial charge in [0.15, 0.2) is 0 Å². The molecule has 1 aliphatic rings. The van der Waals surface area contributed by atoms with Crippen LogP contribution in [0.2, 0.25) is 0 Å². The number of hydrogen-bond acceptors (Lipinski definition) is 4. The van der Waals surface area contributed by atoms with Crippen molar-refractivity contribution in [2.24, 2.45) is 0 Å². The summed E-state index contributed by atoms with van der Waals surface area (Å²) in [5.74, 6) is 0.0379. The number of benzene rings is 2. The number of piperazine rings is 1. The summed E-state index contributed by atoms with van der Waals surface area (Å²) in [6.07, 6.45) is 0. The van der Waals surface area contributed by atoms with Crippen LogP contribution in [0.4, 0.5) is 5.69 Å². The van der Waals surface area contributed by atoms with Crippen LogP contribution >= 0.6 is 0 Å². The second kappa shape index (κ2) is 5.76. The summed E-state index contributed by atoms with van der Waals surface area (Å²) >= 11 is 0. The van der Waals surface area contributed by atoms with Crippen molar-refractivity contribution >= 4 is 33.4 Å². The number of nitrogen functional groups attached to an aromatic ring is 1. The molecule has 1 fully saturated rings. The van der Waals surface area contributed by atoms with E-state index < -0.39 is 0 Å². The normalized spacial score (nSPS) is 16.0. The van der Waals surface area contributed by atoms with Crippen molar-refractivity contribution < 1.29 is 4.79 Å². The Morgan fingerprint density at radius 2 is 1.71 bits per heavy atom. The molecule has 2 aromatic carbocycles. The van der Waals surface area contributed by atoms with Crippen molar-refractivity contribution in [3.05, 3.63) is 48.0 Å². The first-order valence-corrected chi connectivity index (χ1v) is 8.20. The molecule has 0 spiro atoms. The van der Waals surface area contributed by atoms with E-state index in [1.165, 1.54) is 0 Å². The Morgan fingerprint density at radius 1 is 1.00 bits per heavy atom. The average molecular weight is 320 g/mol. The first kappa shape index (κ1) is 14.9. The van der Waals surface area contributed by atoms with Gasteiger partial charge in [0.2, 0.25) is 0 Å². The van der Waals surface area contributed by atoms with Crippen molar-refractivity contribution in [3.8, 4) is 0 Å². The molecule has 0 unspecified atom stereocenters. The van der Waals surface area contributed by atoms with Crippen LogP contribution in [0.25, 0.3) is 21.8 Å². The van der Waals surface area contributed by atoms with Gasteiger partial charge in [-0.25, -0.2) is 4.98 Å². The number of carbonyl (C=O) groups is 1. The molecule has 4 rings (SSSR count). The predicted octanol–water partition coefficient (Wildman–Crippen LogP) is 2.36. The number of amides is 1. The molecule has 0 aliphatic carbocycles. The number of pyridine rings is 1. The molecule has 3 aromatic rings. The Hall–Kier alpha value is -2.66. The molecule has 24 heavy (non-hydrogen) atoms. The number of hydrogen-bond donors (Lipinski definition) is 1. The zero-order valence-corrected chi connectivity index (χ0v) is 13.7. The standard InChI is InChI=1S/C19H20N4O/c1-22-9-11-23(12-10-22)19(24)15-7-4-6-14-17(20)13-5-2-3-8-16(13)21-18(14)15/h2-8H,9-12H2,1H3,(H2,20,21). The van der Waals surface area contributed by atoms with E-state index in [9.17, 15) is 4.79 Å². The maximum atomic E-state index is 13.0. The third-order valence-corrected chi connectivity index (χ3v) is 4.77. The van der Waals surface area contributed by atoms with Crippen LogP contribution in [-0.4, -0.2) is 53.9 Å². The lowest BCUT2D eigenvalue weighted by Gasteiger charge is -2.32. The molecule has 122 valence electrons. The Balaban J connectivity index is 1.85. The maximum Gasteiger partial charge on any atom is 0.256 e. The molecule has 1 aromatic heterocycles. The quantitative estimate of drug-likeness (QED) is 0.699. The van der Waals surface area contributed by atoms with E-state index >= 15 is 0 Å². The van der Waals surface area contributed by atoms with Gasteiger partial charge in [-0.3, -0.25) is 4.79 Å². The van der Waals surface area contributed by atoms with Crippen molar-refractivity contribution in [1.29, 1.82) is 0 Å². The van der Waals surface area contributed by atoms with Crippen LogP contribution < -0.4 is 5.73 Å². The van der Waals surface area contributed by atoms with E-state index in [2.05, 4.69) is 11.9 Å². The van der Waals surface area contributed by atoms with E-state index in [1.54, 1.807) is 0 Å². The van der Waals surface area contributed by atoms with Crippen LogP contribution in [0, 0.1) is 0 Å². The van der Waals surface area contributed by atoms with Crippen molar-refractivity contribution in [3.63, 3.8) is 0 Å². The third-order valence-electron chi connectivity index (χ3n) is 4.77. The minimum atomic E-state index is 0.0379. The number of rotatable bonds is 1. The zero-order chi connectivity index (χ0) is 16.7. The molecule has 2 heterocycles. The first-order chi connectivity index (χ1) is 11.6. The summed E-state index contributed by atoms with van der Waals surface area (Å²) in [7, 11) is 2.08. The van der Waals surface area contributed by atoms with E-state index in [-0.39, 0.29) is 5.91 Å². The fourth-order valence-corrected chi connectivity index (χ4v) is 3.30. The second-order valence-electron chi connectivity index (χ2n) is 6.34. The van der Waals surface area contributed by atoms with Gasteiger partial charge in [-0.1, -0.05) is 30.3 Å². The van der Waals surface area contributed by atoms with Crippen molar-refractivity contribution in [1.82, 2.24) is 14.8 Å². The lowest BCUT2D eigenvalue weighted by Crippen LogP contribution is -2.47. The Morgan fingerprint density at radius 3 is 2.50 bits per heavy atom. The van der Waals surface area contributed by atoms with E-state index in [0.29, 0.717) is 16.8 Å². The molecule has 1 aliphatic heterocycles. The number of carbonyl (C=O) groups excluding carboxylic acids is 1. The highest BCUT2D eigenvalue weighted by molar-refractivity contribution is 6.13. The van der Waals surface area contributed by atoms with Gasteiger partial charge in [0, 0.05) is 37.0 Å². The summed E-state index contributed by atoms with van der Waals surface area (Å²) in [5.41, 5.74) is 9.18. The summed E-state index contributed by atoms with van der Waals surface area (Å²) in [5, 5.41) is 1.77. The minimum absolute atomic E-state index is 0.0379. The summed E-state index contributed by atoms with van der Waals surface area (Å²) in [4.78, 5) is 21.9. The van der Waals surface area contributed by atoms with Gasteiger partial charge in [-0.15, -0.1) is 0 Å². The van der Waals surface area contributed by atoms with Crippen molar-refractivity contribution in [2.75, 3.05) is 39.0 Å². The molecule has 5 nitrogen and oxygen atoms in total. The Kier molecular flexibility index (Phi) is 3.58. The monoisotopic (exact) mass is 320 g/mol. The van der Waals surface area contributed by atoms with E-state index in [1.807, 2.05) is 47.4 Å². The van der Waals surface area contributed by atoms with Crippen LogP contribution in [0.15, 0.2) is 42.5 Å². The number of fused-ring (bicyclic) bond motifs is 2. The van der Waals surface area contributed by atoms with Crippen LogP contribution in [0.5, 0.6) is 0 Å². The average Bonchev–Trinajstić information content (AvgIpc) is 2.62. The zero-order valence-electron chi connectivity index (χ0n) is 13.7. The first-order valence-electron chi connectivity index (χ1n) is 8.20. The van der Waals surface area contributed by atoms with Crippen molar-refractivity contribution in [2.45, 2.75) is 0 Å². The fourth-order valence-electron chi connectivity index (χ4n) is 3.30. The molecule has 0 atom stereocenters. The maximum absolute atomic E-state index is 13.0. The Bertz CT molecular complexity index is 929. The van der Waals surface area contributed by atoms with Gasteiger partial charge >= 0.3 is 0 Å². The van der Waals surface area contributed by atoms with Crippen LogP contribution in [0.3, 0.4) is 0 Å². The molecule has 5 heteroatoms. The van der Waals surface area contributed by atoms with Crippen LogP contribution in [-0.2, 0) is 0 Å². The number of anilines is 1. The lowest BCUT2D eigenvalue weighted by atomic mass is 10.0. The minimum Gasteiger partial charge on any atom is -0.398 e. The summed E-state index contributed by atoms with van der Waals surface area (Å²) in [6, 6.07) is 13.5. The van der Waals surface area contributed by atoms with E-state index in [0.717, 1.165) is 42.5 Å². The second-order valence-corrected chi connectivity index (χ2v) is 6.34. The summed E-state index contributed by atoms with van der Waals surface area (Å²) in [6.45, 7) is 3.29. The predicted molar refractivity (Wildman–Crippen MR) is 97.1 cm³/mol. The SMILES string of the molecule is CN1CCN(C(=O)c2cccc3c(N)c4ccccc4nc23)CC1. The highest BCUT2D eigenvalue weighted by atomic mass is 16.2. The van der Waals surface area contributed by atoms with Gasteiger partial charge in [0.1, 0.15) is 0 Å². The van der Waals surface area contributed by atoms with Gasteiger partial charge < -0.3 is 15.5 Å². The topological polar surface area (TPSA) is 62.5 Å². The third kappa shape index (κ3) is 2.37.